The minimum atomic E-state index is -3.66. The Labute approximate surface area is 200 Å². The Balaban J connectivity index is 0.00000320. The lowest BCUT2D eigenvalue weighted by molar-refractivity contribution is 0.474. The van der Waals surface area contributed by atoms with E-state index in [0.29, 0.717) is 12.5 Å². The Bertz CT molecular complexity index is 922. The van der Waals surface area contributed by atoms with Crippen molar-refractivity contribution in [2.24, 2.45) is 16.0 Å². The predicted molar refractivity (Wildman–Crippen MR) is 135 cm³/mol. The van der Waals surface area contributed by atoms with Gasteiger partial charge in [-0.2, -0.15) is 0 Å². The fourth-order valence-corrected chi connectivity index (χ4v) is 4.83. The fourth-order valence-electron chi connectivity index (χ4n) is 3.27. The molecule has 0 amide bonds. The molecule has 0 bridgehead atoms. The molecule has 6 nitrogen and oxygen atoms in total. The molecular formula is C21H29IN4O2S2. The molecule has 1 saturated heterocycles. The van der Waals surface area contributed by atoms with Crippen LogP contribution in [0, 0.1) is 5.92 Å². The zero-order chi connectivity index (χ0) is 20.7. The summed E-state index contributed by atoms with van der Waals surface area (Å²) in [5.74, 6) is 2.66. The van der Waals surface area contributed by atoms with Crippen LogP contribution in [0.25, 0.3) is 0 Å². The van der Waals surface area contributed by atoms with Crippen molar-refractivity contribution in [3.05, 3.63) is 60.2 Å². The highest BCUT2D eigenvalue weighted by atomic mass is 127. The first-order valence-electron chi connectivity index (χ1n) is 9.78. The minimum absolute atomic E-state index is 0. The molecule has 164 valence electrons. The predicted octanol–water partition coefficient (Wildman–Crippen LogP) is 3.53. The SMILES string of the molecule is CCNC(=NCc1ccc(S(N)(=O)=O)cc1)N1CCC(CSc2ccccc2)C1.I. The number of likely N-dealkylation sites (tertiary alicyclic amines) is 1. The van der Waals surface area contributed by atoms with Crippen LogP contribution < -0.4 is 10.5 Å². The Hall–Kier alpha value is -1.30. The molecule has 0 radical (unpaired) electrons. The number of nitrogens with two attached hydrogens (primary N) is 1. The number of sulfonamides is 1. The number of thioether (sulfide) groups is 1. The Morgan fingerprint density at radius 1 is 1.20 bits per heavy atom. The highest BCUT2D eigenvalue weighted by Gasteiger charge is 2.24. The lowest BCUT2D eigenvalue weighted by Crippen LogP contribution is -2.40. The summed E-state index contributed by atoms with van der Waals surface area (Å²) in [6.45, 7) is 5.36. The Morgan fingerprint density at radius 3 is 2.53 bits per heavy atom. The van der Waals surface area contributed by atoms with Crippen molar-refractivity contribution < 1.29 is 8.42 Å². The summed E-state index contributed by atoms with van der Waals surface area (Å²) < 4.78 is 22.8. The Morgan fingerprint density at radius 2 is 1.90 bits per heavy atom. The molecule has 1 unspecified atom stereocenters. The summed E-state index contributed by atoms with van der Waals surface area (Å²) in [7, 11) is -3.66. The molecule has 2 aromatic rings. The van der Waals surface area contributed by atoms with Gasteiger partial charge in [-0.3, -0.25) is 0 Å². The third kappa shape index (κ3) is 7.44. The number of benzene rings is 2. The molecule has 2 aromatic carbocycles. The molecule has 0 aromatic heterocycles. The minimum Gasteiger partial charge on any atom is -0.357 e. The van der Waals surface area contributed by atoms with Crippen molar-refractivity contribution in [1.29, 1.82) is 0 Å². The van der Waals surface area contributed by atoms with Crippen molar-refractivity contribution in [2.45, 2.75) is 29.7 Å². The number of nitrogens with zero attached hydrogens (tertiary/aromatic N) is 2. The van der Waals surface area contributed by atoms with E-state index in [1.54, 1.807) is 12.1 Å². The van der Waals surface area contributed by atoms with E-state index in [2.05, 4.69) is 41.4 Å². The van der Waals surface area contributed by atoms with E-state index >= 15 is 0 Å². The lowest BCUT2D eigenvalue weighted by atomic mass is 10.2. The first-order chi connectivity index (χ1) is 14.0. The number of guanidine groups is 1. The highest BCUT2D eigenvalue weighted by Crippen LogP contribution is 2.26. The van der Waals surface area contributed by atoms with Gasteiger partial charge in [-0.15, -0.1) is 35.7 Å². The molecule has 3 rings (SSSR count). The number of halogens is 1. The fraction of sp³-hybridized carbons (Fsp3) is 0.381. The van der Waals surface area contributed by atoms with Gasteiger partial charge in [0.05, 0.1) is 11.4 Å². The van der Waals surface area contributed by atoms with Crippen LogP contribution in [0.4, 0.5) is 0 Å². The number of hydrogen-bond donors (Lipinski definition) is 2. The van der Waals surface area contributed by atoms with Gasteiger partial charge in [-0.1, -0.05) is 30.3 Å². The third-order valence-corrected chi connectivity index (χ3v) is 6.99. The zero-order valence-corrected chi connectivity index (χ0v) is 21.0. The second-order valence-electron chi connectivity index (χ2n) is 7.08. The van der Waals surface area contributed by atoms with Crippen molar-refractivity contribution in [2.75, 3.05) is 25.4 Å². The van der Waals surface area contributed by atoms with Gasteiger partial charge in [0.15, 0.2) is 5.96 Å². The second-order valence-corrected chi connectivity index (χ2v) is 9.74. The highest BCUT2D eigenvalue weighted by molar-refractivity contribution is 14.0. The molecule has 1 heterocycles. The number of nitrogens with one attached hydrogen (secondary N) is 1. The molecule has 9 heteroatoms. The first kappa shape index (κ1) is 25.0. The largest absolute Gasteiger partial charge is 0.357 e. The van der Waals surface area contributed by atoms with Gasteiger partial charge >= 0.3 is 0 Å². The van der Waals surface area contributed by atoms with Crippen LogP contribution in [-0.4, -0.2) is 44.7 Å². The summed E-state index contributed by atoms with van der Waals surface area (Å²) in [5.41, 5.74) is 0.947. The molecule has 1 atom stereocenters. The maximum absolute atomic E-state index is 11.4. The van der Waals surface area contributed by atoms with Gasteiger partial charge in [-0.25, -0.2) is 18.5 Å². The summed E-state index contributed by atoms with van der Waals surface area (Å²) in [6.07, 6.45) is 1.16. The van der Waals surface area contributed by atoms with E-state index in [4.69, 9.17) is 10.1 Å². The maximum atomic E-state index is 11.4. The normalized spacial score (nSPS) is 16.9. The Kier molecular flexibility index (Phi) is 9.92. The molecule has 0 saturated carbocycles. The number of aliphatic imine (C=N–C) groups is 1. The number of hydrogen-bond acceptors (Lipinski definition) is 4. The van der Waals surface area contributed by atoms with Gasteiger partial charge in [0.25, 0.3) is 0 Å². The van der Waals surface area contributed by atoms with Crippen LogP contribution in [0.5, 0.6) is 0 Å². The van der Waals surface area contributed by atoms with Crippen LogP contribution in [0.15, 0.2) is 69.4 Å². The average Bonchev–Trinajstić information content (AvgIpc) is 3.19. The van der Waals surface area contributed by atoms with E-state index in [1.165, 1.54) is 17.0 Å². The van der Waals surface area contributed by atoms with Gasteiger partial charge in [-0.05, 0) is 49.1 Å². The third-order valence-electron chi connectivity index (χ3n) is 4.81. The summed E-state index contributed by atoms with van der Waals surface area (Å²) in [4.78, 5) is 8.51. The van der Waals surface area contributed by atoms with E-state index in [9.17, 15) is 8.42 Å². The number of primary sulfonamides is 1. The molecule has 0 spiro atoms. The van der Waals surface area contributed by atoms with Crippen LogP contribution in [0.3, 0.4) is 0 Å². The quantitative estimate of drug-likeness (QED) is 0.234. The van der Waals surface area contributed by atoms with Gasteiger partial charge in [0.1, 0.15) is 0 Å². The van der Waals surface area contributed by atoms with Crippen molar-refractivity contribution >= 4 is 51.7 Å². The molecule has 1 aliphatic rings. The zero-order valence-electron chi connectivity index (χ0n) is 17.0. The van der Waals surface area contributed by atoms with Crippen molar-refractivity contribution in [1.82, 2.24) is 10.2 Å². The van der Waals surface area contributed by atoms with Crippen molar-refractivity contribution in [3.63, 3.8) is 0 Å². The van der Waals surface area contributed by atoms with E-state index in [-0.39, 0.29) is 28.9 Å². The van der Waals surface area contributed by atoms with Gasteiger partial charge < -0.3 is 10.2 Å². The standard InChI is InChI=1S/C21H28N4O2S2.HI/c1-2-23-21(24-14-17-8-10-20(11-9-17)29(22,26)27)25-13-12-18(15-25)16-28-19-6-4-3-5-7-19;/h3-11,18H,2,12-16H2,1H3,(H,23,24)(H2,22,26,27);1H. The smallest absolute Gasteiger partial charge is 0.238 e. The molecule has 1 aliphatic heterocycles. The first-order valence-corrected chi connectivity index (χ1v) is 12.3. The van der Waals surface area contributed by atoms with Crippen LogP contribution in [0.1, 0.15) is 18.9 Å². The van der Waals surface area contributed by atoms with Crippen LogP contribution in [-0.2, 0) is 16.6 Å². The maximum Gasteiger partial charge on any atom is 0.238 e. The second kappa shape index (κ2) is 11.9. The number of rotatable bonds is 7. The van der Waals surface area contributed by atoms with Crippen LogP contribution >= 0.6 is 35.7 Å². The average molecular weight is 561 g/mol. The molecule has 3 N–H and O–H groups in total. The van der Waals surface area contributed by atoms with Crippen LogP contribution in [0.2, 0.25) is 0 Å². The molecule has 1 fully saturated rings. The van der Waals surface area contributed by atoms with E-state index < -0.39 is 10.0 Å². The monoisotopic (exact) mass is 560 g/mol. The topological polar surface area (TPSA) is 87.8 Å². The summed E-state index contributed by atoms with van der Waals surface area (Å²) in [5, 5.41) is 8.53. The molecule has 30 heavy (non-hydrogen) atoms. The van der Waals surface area contributed by atoms with Gasteiger partial charge in [0, 0.05) is 30.3 Å². The van der Waals surface area contributed by atoms with Crippen molar-refractivity contribution in [3.8, 4) is 0 Å². The van der Waals surface area contributed by atoms with E-state index in [1.807, 2.05) is 17.8 Å². The molecule has 0 aliphatic carbocycles. The summed E-state index contributed by atoms with van der Waals surface area (Å²) >= 11 is 1.91. The molecular weight excluding hydrogens is 531 g/mol. The van der Waals surface area contributed by atoms with E-state index in [0.717, 1.165) is 43.3 Å². The summed E-state index contributed by atoms with van der Waals surface area (Å²) in [6, 6.07) is 17.1. The lowest BCUT2D eigenvalue weighted by Gasteiger charge is -2.21. The van der Waals surface area contributed by atoms with Gasteiger partial charge in [0.2, 0.25) is 10.0 Å².